The Labute approximate surface area is 89.7 Å². The summed E-state index contributed by atoms with van der Waals surface area (Å²) < 4.78 is 15.8. The van der Waals surface area contributed by atoms with E-state index in [1.807, 2.05) is 13.0 Å². The van der Waals surface area contributed by atoms with Gasteiger partial charge in [-0.3, -0.25) is 0 Å². The van der Waals surface area contributed by atoms with Gasteiger partial charge in [0.05, 0.1) is 15.0 Å². The fraction of sp³-hybridized carbons (Fsp3) is 0.444. The first kappa shape index (κ1) is 11.5. The summed E-state index contributed by atoms with van der Waals surface area (Å²) >= 11 is 5.66. The van der Waals surface area contributed by atoms with E-state index in [1.54, 1.807) is 25.6 Å². The molecule has 0 bridgehead atoms. The third-order valence-corrected chi connectivity index (χ3v) is 4.77. The molecular formula is C9H13ClN2OS. The van der Waals surface area contributed by atoms with Gasteiger partial charge < -0.3 is 0 Å². The molecule has 0 aliphatic carbocycles. The third-order valence-electron chi connectivity index (χ3n) is 2.24. The fourth-order valence-corrected chi connectivity index (χ4v) is 2.11. The third kappa shape index (κ3) is 2.45. The van der Waals surface area contributed by atoms with Crippen molar-refractivity contribution in [3.8, 4) is 0 Å². The van der Waals surface area contributed by atoms with E-state index in [0.717, 1.165) is 5.56 Å². The summed E-state index contributed by atoms with van der Waals surface area (Å²) in [4.78, 5) is 3.95. The number of pyridine rings is 1. The van der Waals surface area contributed by atoms with Gasteiger partial charge in [-0.2, -0.15) is 0 Å². The van der Waals surface area contributed by atoms with Gasteiger partial charge in [-0.1, -0.05) is 17.7 Å². The van der Waals surface area contributed by atoms with Gasteiger partial charge in [0.2, 0.25) is 0 Å². The number of nitrogens with zero attached hydrogens (tertiary/aromatic N) is 2. The second-order valence-electron chi connectivity index (χ2n) is 3.10. The van der Waals surface area contributed by atoms with Gasteiger partial charge in [-0.05, 0) is 18.6 Å². The van der Waals surface area contributed by atoms with Gasteiger partial charge in [0.1, 0.15) is 5.15 Å². The van der Waals surface area contributed by atoms with E-state index in [9.17, 15) is 4.21 Å². The molecule has 78 valence electrons. The first-order valence-electron chi connectivity index (χ1n) is 4.18. The lowest BCUT2D eigenvalue weighted by Gasteiger charge is -2.12. The minimum Gasteiger partial charge on any atom is -0.249 e. The van der Waals surface area contributed by atoms with Crippen molar-refractivity contribution in [1.29, 1.82) is 0 Å². The lowest BCUT2D eigenvalue weighted by atomic mass is 10.2. The Balaban J connectivity index is 3.08. The average Bonchev–Trinajstić information content (AvgIpc) is 2.18. The van der Waals surface area contributed by atoms with E-state index in [2.05, 4.69) is 9.35 Å². The minimum atomic E-state index is -2.17. The van der Waals surface area contributed by atoms with Crippen molar-refractivity contribution in [3.05, 3.63) is 29.0 Å². The van der Waals surface area contributed by atoms with E-state index in [1.165, 1.54) is 0 Å². The van der Waals surface area contributed by atoms with E-state index >= 15 is 0 Å². The molecule has 5 heteroatoms. The molecule has 0 saturated carbocycles. The van der Waals surface area contributed by atoms with Crippen LogP contribution in [0.3, 0.4) is 0 Å². The smallest absolute Gasteiger partial charge is 0.129 e. The maximum Gasteiger partial charge on any atom is 0.129 e. The summed E-state index contributed by atoms with van der Waals surface area (Å²) in [5.41, 5.74) is 0.896. The van der Waals surface area contributed by atoms with Crippen molar-refractivity contribution in [2.75, 3.05) is 13.3 Å². The molecule has 0 amide bonds. The highest BCUT2D eigenvalue weighted by molar-refractivity contribution is 7.93. The SMILES string of the molecule is CN=S(C)(=O)[C@@H](C)c1ccc(Cl)nc1. The molecule has 3 nitrogen and oxygen atoms in total. The molecule has 14 heavy (non-hydrogen) atoms. The highest BCUT2D eigenvalue weighted by Gasteiger charge is 2.14. The topological polar surface area (TPSA) is 42.3 Å². The molecule has 0 N–H and O–H groups in total. The van der Waals surface area contributed by atoms with Crippen molar-refractivity contribution >= 4 is 21.3 Å². The monoisotopic (exact) mass is 232 g/mol. The van der Waals surface area contributed by atoms with Crippen molar-refractivity contribution in [2.24, 2.45) is 4.36 Å². The maximum atomic E-state index is 11.9. The number of hydrogen-bond donors (Lipinski definition) is 0. The molecule has 0 aromatic carbocycles. The Morgan fingerprint density at radius 3 is 2.64 bits per heavy atom. The molecule has 0 fully saturated rings. The Morgan fingerprint density at radius 1 is 1.57 bits per heavy atom. The number of rotatable bonds is 2. The molecule has 0 aliphatic rings. The summed E-state index contributed by atoms with van der Waals surface area (Å²) in [5.74, 6) is 0. The van der Waals surface area contributed by atoms with Crippen molar-refractivity contribution in [1.82, 2.24) is 4.98 Å². The number of hydrogen-bond acceptors (Lipinski definition) is 3. The van der Waals surface area contributed by atoms with Crippen LogP contribution in [0, 0.1) is 0 Å². The zero-order valence-corrected chi connectivity index (χ0v) is 9.97. The van der Waals surface area contributed by atoms with Gasteiger partial charge in [0, 0.05) is 19.5 Å². The maximum absolute atomic E-state index is 11.9. The van der Waals surface area contributed by atoms with Crippen LogP contribution in [0.5, 0.6) is 0 Å². The van der Waals surface area contributed by atoms with Crippen LogP contribution in [-0.2, 0) is 9.73 Å². The largest absolute Gasteiger partial charge is 0.249 e. The second-order valence-corrected chi connectivity index (χ2v) is 6.28. The van der Waals surface area contributed by atoms with Crippen LogP contribution in [0.15, 0.2) is 22.7 Å². The molecule has 2 atom stereocenters. The lowest BCUT2D eigenvalue weighted by Crippen LogP contribution is -2.07. The second kappa shape index (κ2) is 4.28. The van der Waals surface area contributed by atoms with Crippen LogP contribution in [0.25, 0.3) is 0 Å². The predicted molar refractivity (Wildman–Crippen MR) is 60.1 cm³/mol. The predicted octanol–water partition coefficient (Wildman–Crippen LogP) is 2.52. The van der Waals surface area contributed by atoms with Crippen LogP contribution in [0.1, 0.15) is 17.7 Å². The normalized spacial score (nSPS) is 17.1. The molecule has 1 heterocycles. The van der Waals surface area contributed by atoms with Crippen LogP contribution < -0.4 is 0 Å². The fourth-order valence-electron chi connectivity index (χ4n) is 1.04. The number of halogens is 1. The average molecular weight is 233 g/mol. The quantitative estimate of drug-likeness (QED) is 0.736. The molecule has 0 spiro atoms. The molecule has 1 rings (SSSR count). The standard InChI is InChI=1S/C9H13ClN2OS/c1-7(14(3,13)11-2)8-4-5-9(10)12-6-8/h4-7H,1-3H3/t7-,14?/m0/s1. The van der Waals surface area contributed by atoms with Gasteiger partial charge in [-0.25, -0.2) is 13.6 Å². The van der Waals surface area contributed by atoms with Crippen molar-refractivity contribution in [2.45, 2.75) is 12.2 Å². The molecular weight excluding hydrogens is 220 g/mol. The molecule has 1 aromatic rings. The highest BCUT2D eigenvalue weighted by atomic mass is 35.5. The first-order valence-corrected chi connectivity index (χ1v) is 6.54. The van der Waals surface area contributed by atoms with E-state index in [0.29, 0.717) is 5.15 Å². The van der Waals surface area contributed by atoms with Gasteiger partial charge in [0.15, 0.2) is 0 Å². The molecule has 0 radical (unpaired) electrons. The van der Waals surface area contributed by atoms with E-state index < -0.39 is 9.73 Å². The molecule has 1 aromatic heterocycles. The van der Waals surface area contributed by atoms with Crippen LogP contribution >= 0.6 is 11.6 Å². The zero-order valence-electron chi connectivity index (χ0n) is 8.40. The summed E-state index contributed by atoms with van der Waals surface area (Å²) in [6.45, 7) is 1.88. The molecule has 0 aliphatic heterocycles. The lowest BCUT2D eigenvalue weighted by molar-refractivity contribution is 0.672. The molecule has 0 saturated heterocycles. The number of aromatic nitrogens is 1. The van der Waals surface area contributed by atoms with Crippen molar-refractivity contribution < 1.29 is 4.21 Å². The van der Waals surface area contributed by atoms with Crippen LogP contribution in [0.4, 0.5) is 0 Å². The highest BCUT2D eigenvalue weighted by Crippen LogP contribution is 2.22. The summed E-state index contributed by atoms with van der Waals surface area (Å²) in [6.07, 6.45) is 3.29. The van der Waals surface area contributed by atoms with Crippen LogP contribution in [0.2, 0.25) is 5.15 Å². The zero-order chi connectivity index (χ0) is 10.8. The summed E-state index contributed by atoms with van der Waals surface area (Å²) in [7, 11) is -0.601. The van der Waals surface area contributed by atoms with E-state index in [4.69, 9.17) is 11.6 Å². The van der Waals surface area contributed by atoms with Gasteiger partial charge in [0.25, 0.3) is 0 Å². The van der Waals surface area contributed by atoms with E-state index in [-0.39, 0.29) is 5.25 Å². The van der Waals surface area contributed by atoms with Crippen LogP contribution in [-0.4, -0.2) is 22.5 Å². The van der Waals surface area contributed by atoms with Gasteiger partial charge in [-0.15, -0.1) is 0 Å². The minimum absolute atomic E-state index is 0.128. The Bertz CT molecular complexity index is 421. The molecule has 1 unspecified atom stereocenters. The van der Waals surface area contributed by atoms with Gasteiger partial charge >= 0.3 is 0 Å². The Hall–Kier alpha value is -0.610. The summed E-state index contributed by atoms with van der Waals surface area (Å²) in [5, 5.41) is 0.314. The Morgan fingerprint density at radius 2 is 2.21 bits per heavy atom. The Kier molecular flexibility index (Phi) is 3.50. The summed E-state index contributed by atoms with van der Waals surface area (Å²) in [6, 6.07) is 3.52. The van der Waals surface area contributed by atoms with Crippen molar-refractivity contribution in [3.63, 3.8) is 0 Å². The first-order chi connectivity index (χ1) is 6.47.